The predicted molar refractivity (Wildman–Crippen MR) is 64.9 cm³/mol. The summed E-state index contributed by atoms with van der Waals surface area (Å²) >= 11 is 9.31. The Balaban J connectivity index is 2.50. The van der Waals surface area contributed by atoms with Crippen LogP contribution < -0.4 is 0 Å². The number of carbonyl (C=O) groups is 1. The summed E-state index contributed by atoms with van der Waals surface area (Å²) in [6.07, 6.45) is 1.58. The van der Waals surface area contributed by atoms with E-state index < -0.39 is 4.83 Å². The normalized spacial score (nSPS) is 12.7. The van der Waals surface area contributed by atoms with Gasteiger partial charge < -0.3 is 9.15 Å². The van der Waals surface area contributed by atoms with E-state index in [1.165, 1.54) is 7.11 Å². The lowest BCUT2D eigenvalue weighted by Crippen LogP contribution is -2.08. The average Bonchev–Trinajstić information content (AvgIpc) is 2.72. The van der Waals surface area contributed by atoms with Crippen LogP contribution in [-0.2, 0) is 9.53 Å². The number of hydrogen-bond acceptors (Lipinski definition) is 3. The lowest BCUT2D eigenvalue weighted by Gasteiger charge is -2.09. The molecular formula is C11H8BrClO3. The molecule has 0 fully saturated rings. The standard InChI is InChI=1S/C11H8BrClO3/c1-15-11(14)10(12)7-4-6-2-3-16-9(6)5-8(7)13/h2-5,10H,1H3. The molecule has 1 atom stereocenters. The molecule has 0 aliphatic heterocycles. The third-order valence-corrected chi connectivity index (χ3v) is 3.45. The highest BCUT2D eigenvalue weighted by atomic mass is 79.9. The molecule has 0 aliphatic carbocycles. The summed E-state index contributed by atoms with van der Waals surface area (Å²) in [5, 5.41) is 1.36. The molecule has 3 nitrogen and oxygen atoms in total. The second kappa shape index (κ2) is 4.47. The van der Waals surface area contributed by atoms with E-state index in [4.69, 9.17) is 16.0 Å². The van der Waals surface area contributed by atoms with Crippen LogP contribution in [0.15, 0.2) is 28.9 Å². The molecule has 1 heterocycles. The van der Waals surface area contributed by atoms with Crippen LogP contribution in [0.5, 0.6) is 0 Å². The molecule has 2 rings (SSSR count). The van der Waals surface area contributed by atoms with Crippen molar-refractivity contribution in [3.05, 3.63) is 35.0 Å². The number of benzene rings is 1. The van der Waals surface area contributed by atoms with Crippen LogP contribution in [0.3, 0.4) is 0 Å². The van der Waals surface area contributed by atoms with Gasteiger partial charge in [-0.15, -0.1) is 0 Å². The summed E-state index contributed by atoms with van der Waals surface area (Å²) < 4.78 is 9.85. The summed E-state index contributed by atoms with van der Waals surface area (Å²) in [5.41, 5.74) is 1.36. The number of furan rings is 1. The number of esters is 1. The highest BCUT2D eigenvalue weighted by molar-refractivity contribution is 9.09. The second-order valence-electron chi connectivity index (χ2n) is 3.22. The largest absolute Gasteiger partial charge is 0.468 e. The Labute approximate surface area is 105 Å². The number of halogens is 2. The zero-order valence-electron chi connectivity index (χ0n) is 8.37. The van der Waals surface area contributed by atoms with Gasteiger partial charge in [0.25, 0.3) is 0 Å². The van der Waals surface area contributed by atoms with Crippen LogP contribution in [0.1, 0.15) is 10.4 Å². The van der Waals surface area contributed by atoms with E-state index in [0.717, 1.165) is 5.39 Å². The van der Waals surface area contributed by atoms with Gasteiger partial charge in [-0.2, -0.15) is 0 Å². The maximum atomic E-state index is 11.4. The number of hydrogen-bond donors (Lipinski definition) is 0. The Morgan fingerprint density at radius 2 is 2.31 bits per heavy atom. The smallest absolute Gasteiger partial charge is 0.324 e. The summed E-state index contributed by atoms with van der Waals surface area (Å²) in [6.45, 7) is 0. The number of rotatable bonds is 2. The van der Waals surface area contributed by atoms with E-state index in [1.54, 1.807) is 18.4 Å². The fourth-order valence-corrected chi connectivity index (χ4v) is 2.39. The number of ether oxygens (including phenoxy) is 1. The zero-order valence-corrected chi connectivity index (χ0v) is 10.7. The molecule has 0 saturated heterocycles. The lowest BCUT2D eigenvalue weighted by atomic mass is 10.1. The van der Waals surface area contributed by atoms with Crippen LogP contribution >= 0.6 is 27.5 Å². The van der Waals surface area contributed by atoms with Crippen molar-refractivity contribution < 1.29 is 13.9 Å². The van der Waals surface area contributed by atoms with Crippen molar-refractivity contribution in [3.8, 4) is 0 Å². The molecule has 0 bridgehead atoms. The second-order valence-corrected chi connectivity index (χ2v) is 4.54. The minimum atomic E-state index is -0.565. The van der Waals surface area contributed by atoms with Gasteiger partial charge in [0.05, 0.1) is 13.4 Å². The van der Waals surface area contributed by atoms with E-state index in [-0.39, 0.29) is 5.97 Å². The number of methoxy groups -OCH3 is 1. The third-order valence-electron chi connectivity index (χ3n) is 2.25. The molecule has 5 heteroatoms. The highest BCUT2D eigenvalue weighted by Gasteiger charge is 2.21. The van der Waals surface area contributed by atoms with Crippen molar-refractivity contribution in [3.63, 3.8) is 0 Å². The average molecular weight is 304 g/mol. The van der Waals surface area contributed by atoms with Crippen LogP contribution in [0.2, 0.25) is 5.02 Å². The first kappa shape index (κ1) is 11.5. The van der Waals surface area contributed by atoms with Crippen LogP contribution in [0.4, 0.5) is 0 Å². The van der Waals surface area contributed by atoms with Crippen molar-refractivity contribution in [2.75, 3.05) is 7.11 Å². The molecule has 1 unspecified atom stereocenters. The maximum absolute atomic E-state index is 11.4. The Kier molecular flexibility index (Phi) is 3.21. The quantitative estimate of drug-likeness (QED) is 0.627. The Hall–Kier alpha value is -1.00. The maximum Gasteiger partial charge on any atom is 0.324 e. The molecule has 0 aliphatic rings. The van der Waals surface area contributed by atoms with Crippen molar-refractivity contribution in [2.45, 2.75) is 4.83 Å². The van der Waals surface area contributed by atoms with E-state index >= 15 is 0 Å². The van der Waals surface area contributed by atoms with E-state index in [9.17, 15) is 4.79 Å². The van der Waals surface area contributed by atoms with E-state index in [1.807, 2.05) is 6.07 Å². The van der Waals surface area contributed by atoms with Crippen molar-refractivity contribution in [2.24, 2.45) is 0 Å². The molecule has 0 saturated carbocycles. The summed E-state index contributed by atoms with van der Waals surface area (Å²) in [4.78, 5) is 10.8. The first-order chi connectivity index (χ1) is 7.63. The van der Waals surface area contributed by atoms with E-state index in [2.05, 4.69) is 20.7 Å². The molecular weight excluding hydrogens is 295 g/mol. The number of alkyl halides is 1. The molecule has 16 heavy (non-hydrogen) atoms. The minimum Gasteiger partial charge on any atom is -0.468 e. The SMILES string of the molecule is COC(=O)C(Br)c1cc2ccoc2cc1Cl. The molecule has 0 N–H and O–H groups in total. The summed E-state index contributed by atoms with van der Waals surface area (Å²) in [6, 6.07) is 5.30. The summed E-state index contributed by atoms with van der Waals surface area (Å²) in [7, 11) is 1.33. The lowest BCUT2D eigenvalue weighted by molar-refractivity contribution is -0.139. The monoisotopic (exact) mass is 302 g/mol. The minimum absolute atomic E-state index is 0.384. The molecule has 1 aromatic carbocycles. The first-order valence-electron chi connectivity index (χ1n) is 4.52. The number of fused-ring (bicyclic) bond motifs is 1. The molecule has 0 spiro atoms. The molecule has 84 valence electrons. The van der Waals surface area contributed by atoms with Crippen LogP contribution in [0, 0.1) is 0 Å². The van der Waals surface area contributed by atoms with Gasteiger partial charge >= 0.3 is 5.97 Å². The summed E-state index contributed by atoms with van der Waals surface area (Å²) in [5.74, 6) is -0.384. The Morgan fingerprint density at radius 1 is 1.56 bits per heavy atom. The van der Waals surface area contributed by atoms with Gasteiger partial charge in [0.2, 0.25) is 0 Å². The fourth-order valence-electron chi connectivity index (χ4n) is 1.43. The van der Waals surface area contributed by atoms with Gasteiger partial charge in [0.1, 0.15) is 10.4 Å². The molecule has 1 aromatic heterocycles. The number of carbonyl (C=O) groups excluding carboxylic acids is 1. The van der Waals surface area contributed by atoms with Gasteiger partial charge in [-0.1, -0.05) is 27.5 Å². The predicted octanol–water partition coefficient (Wildman–Crippen LogP) is 3.70. The van der Waals surface area contributed by atoms with Crippen LogP contribution in [0.25, 0.3) is 11.0 Å². The topological polar surface area (TPSA) is 39.4 Å². The van der Waals surface area contributed by atoms with Gasteiger partial charge in [-0.3, -0.25) is 4.79 Å². The first-order valence-corrected chi connectivity index (χ1v) is 5.81. The highest BCUT2D eigenvalue weighted by Crippen LogP contribution is 2.34. The van der Waals surface area contributed by atoms with Gasteiger partial charge in [0, 0.05) is 16.5 Å². The molecule has 0 radical (unpaired) electrons. The molecule has 2 aromatic rings. The van der Waals surface area contributed by atoms with Crippen molar-refractivity contribution in [1.82, 2.24) is 0 Å². The molecule has 0 amide bonds. The van der Waals surface area contributed by atoms with Crippen molar-refractivity contribution >= 4 is 44.5 Å². The Morgan fingerprint density at radius 3 is 3.00 bits per heavy atom. The van der Waals surface area contributed by atoms with Crippen molar-refractivity contribution in [1.29, 1.82) is 0 Å². The fraction of sp³-hybridized carbons (Fsp3) is 0.182. The van der Waals surface area contributed by atoms with Gasteiger partial charge in [-0.25, -0.2) is 0 Å². The van der Waals surface area contributed by atoms with Crippen LogP contribution in [-0.4, -0.2) is 13.1 Å². The van der Waals surface area contributed by atoms with E-state index in [0.29, 0.717) is 16.2 Å². The Bertz CT molecular complexity index is 535. The van der Waals surface area contributed by atoms with Gasteiger partial charge in [0.15, 0.2) is 0 Å². The third kappa shape index (κ3) is 1.95. The zero-order chi connectivity index (χ0) is 11.7. The van der Waals surface area contributed by atoms with Gasteiger partial charge in [-0.05, 0) is 17.7 Å².